The fourth-order valence-corrected chi connectivity index (χ4v) is 4.58. The third-order valence-electron chi connectivity index (χ3n) is 7.66. The van der Waals surface area contributed by atoms with Crippen molar-refractivity contribution in [2.75, 3.05) is 10.6 Å². The lowest BCUT2D eigenvalue weighted by atomic mass is 10.0. The van der Waals surface area contributed by atoms with E-state index in [1.54, 1.807) is 65.1 Å². The van der Waals surface area contributed by atoms with Gasteiger partial charge in [0.2, 0.25) is 23.6 Å². The zero-order valence-electron chi connectivity index (χ0n) is 29.5. The number of amides is 3. The zero-order chi connectivity index (χ0) is 36.5. The number of carbonyl (C=O) groups excluding carboxylic acids is 2. The van der Waals surface area contributed by atoms with Gasteiger partial charge in [-0.15, -0.1) is 0 Å². The van der Waals surface area contributed by atoms with Gasteiger partial charge in [0, 0.05) is 17.7 Å². The molecule has 4 aromatic rings. The van der Waals surface area contributed by atoms with Gasteiger partial charge in [0.05, 0.1) is 29.8 Å². The number of pyridine rings is 2. The number of rotatable bonds is 9. The molecule has 0 spiro atoms. The lowest BCUT2D eigenvalue weighted by molar-refractivity contribution is -0.121. The van der Waals surface area contributed by atoms with E-state index in [-0.39, 0.29) is 5.91 Å². The van der Waals surface area contributed by atoms with Crippen LogP contribution in [0.15, 0.2) is 73.1 Å². The minimum atomic E-state index is -1.15. The van der Waals surface area contributed by atoms with Gasteiger partial charge in [-0.05, 0) is 109 Å². The molecule has 0 saturated carbocycles. The SMILES string of the molecule is Cc1cccc(Oc2ccc(NC(=O)[C@@H](C)N(C(=O)O)C(C)(C)C)cn2)c1C.Cc1cccc(Oc2ccc(NC(=O)[C@@H](C)N)cn2)c1C. The third-order valence-corrected chi connectivity index (χ3v) is 7.66. The van der Waals surface area contributed by atoms with E-state index in [4.69, 9.17) is 15.2 Å². The van der Waals surface area contributed by atoms with Gasteiger partial charge in [-0.1, -0.05) is 24.3 Å². The van der Waals surface area contributed by atoms with E-state index in [0.29, 0.717) is 23.1 Å². The number of aromatic nitrogens is 2. The van der Waals surface area contributed by atoms with Crippen LogP contribution in [0.2, 0.25) is 0 Å². The molecule has 260 valence electrons. The van der Waals surface area contributed by atoms with E-state index in [9.17, 15) is 19.5 Å². The Hall–Kier alpha value is -5.49. The van der Waals surface area contributed by atoms with Gasteiger partial charge in [0.25, 0.3) is 0 Å². The first kappa shape index (κ1) is 38.0. The fraction of sp³-hybridized carbons (Fsp3) is 0.324. The zero-order valence-corrected chi connectivity index (χ0v) is 29.5. The summed E-state index contributed by atoms with van der Waals surface area (Å²) in [6.07, 6.45) is 1.87. The lowest BCUT2D eigenvalue weighted by Crippen LogP contribution is -2.54. The van der Waals surface area contributed by atoms with Crippen molar-refractivity contribution in [3.63, 3.8) is 0 Å². The summed E-state index contributed by atoms with van der Waals surface area (Å²) in [7, 11) is 0. The number of aryl methyl sites for hydroxylation is 2. The molecular weight excluding hydrogens is 624 g/mol. The molecule has 0 aliphatic heterocycles. The molecule has 0 bridgehead atoms. The molecule has 4 rings (SSSR count). The Kier molecular flexibility index (Phi) is 12.8. The van der Waals surface area contributed by atoms with Crippen LogP contribution < -0.4 is 25.8 Å². The Morgan fingerprint density at radius 3 is 1.51 bits per heavy atom. The van der Waals surface area contributed by atoms with Crippen LogP contribution in [0.4, 0.5) is 16.2 Å². The monoisotopic (exact) mass is 670 g/mol. The summed E-state index contributed by atoms with van der Waals surface area (Å²) in [5, 5.41) is 14.8. The predicted molar refractivity (Wildman–Crippen MR) is 190 cm³/mol. The molecule has 12 heteroatoms. The maximum Gasteiger partial charge on any atom is 0.408 e. The van der Waals surface area contributed by atoms with E-state index in [2.05, 4.69) is 20.6 Å². The Bertz CT molecular complexity index is 1750. The molecule has 2 atom stereocenters. The maximum absolute atomic E-state index is 12.5. The molecule has 0 fully saturated rings. The summed E-state index contributed by atoms with van der Waals surface area (Å²) < 4.78 is 11.6. The molecule has 5 N–H and O–H groups in total. The van der Waals surface area contributed by atoms with Crippen molar-refractivity contribution in [1.82, 2.24) is 14.9 Å². The summed E-state index contributed by atoms with van der Waals surface area (Å²) in [4.78, 5) is 45.0. The van der Waals surface area contributed by atoms with Crippen molar-refractivity contribution >= 4 is 29.3 Å². The first-order valence-electron chi connectivity index (χ1n) is 15.8. The highest BCUT2D eigenvalue weighted by Crippen LogP contribution is 2.27. The number of nitrogens with zero attached hydrogens (tertiary/aromatic N) is 3. The highest BCUT2D eigenvalue weighted by Gasteiger charge is 2.34. The highest BCUT2D eigenvalue weighted by molar-refractivity contribution is 5.96. The summed E-state index contributed by atoms with van der Waals surface area (Å²) in [6.45, 7) is 16.4. The molecule has 0 aliphatic carbocycles. The number of anilines is 2. The summed E-state index contributed by atoms with van der Waals surface area (Å²) in [6, 6.07) is 17.0. The molecule has 2 aromatic heterocycles. The van der Waals surface area contributed by atoms with Gasteiger partial charge >= 0.3 is 6.09 Å². The van der Waals surface area contributed by atoms with Crippen LogP contribution in [-0.2, 0) is 9.59 Å². The second kappa shape index (κ2) is 16.6. The molecule has 3 amide bonds. The third kappa shape index (κ3) is 10.8. The van der Waals surface area contributed by atoms with E-state index in [1.807, 2.05) is 64.1 Å². The van der Waals surface area contributed by atoms with Crippen LogP contribution in [0.1, 0.15) is 56.9 Å². The average Bonchev–Trinajstić information content (AvgIpc) is 3.03. The molecule has 0 unspecified atom stereocenters. The first-order valence-corrected chi connectivity index (χ1v) is 15.8. The fourth-order valence-electron chi connectivity index (χ4n) is 4.58. The van der Waals surface area contributed by atoms with Crippen LogP contribution in [-0.4, -0.2) is 55.5 Å². The molecule has 12 nitrogen and oxygen atoms in total. The second-order valence-corrected chi connectivity index (χ2v) is 12.6. The Balaban J connectivity index is 0.000000276. The summed E-state index contributed by atoms with van der Waals surface area (Å²) >= 11 is 0. The average molecular weight is 671 g/mol. The number of nitrogens with two attached hydrogens (primary N) is 1. The molecule has 0 radical (unpaired) electrons. The van der Waals surface area contributed by atoms with Gasteiger partial charge in [0.1, 0.15) is 17.5 Å². The van der Waals surface area contributed by atoms with Crippen molar-refractivity contribution in [2.45, 2.75) is 79.9 Å². The minimum absolute atomic E-state index is 0.250. The van der Waals surface area contributed by atoms with Crippen LogP contribution in [0.5, 0.6) is 23.3 Å². The number of ether oxygens (including phenoxy) is 2. The number of hydrogen-bond acceptors (Lipinski definition) is 8. The van der Waals surface area contributed by atoms with Crippen molar-refractivity contribution < 1.29 is 29.0 Å². The molecule has 0 aliphatic rings. The highest BCUT2D eigenvalue weighted by atomic mass is 16.5. The topological polar surface area (TPSA) is 169 Å². The predicted octanol–water partition coefficient (Wildman–Crippen LogP) is 7.37. The minimum Gasteiger partial charge on any atom is -0.465 e. The second-order valence-electron chi connectivity index (χ2n) is 12.6. The molecule has 0 saturated heterocycles. The number of benzene rings is 2. The van der Waals surface area contributed by atoms with E-state index < -0.39 is 29.6 Å². The standard InChI is InChI=1S/C21H27N3O4.C16H19N3O2/c1-13-8-7-9-17(14(13)2)28-18-11-10-16(12-22-18)23-19(25)15(3)24(20(26)27)21(4,5)6;1-10-5-4-6-14(11(10)2)21-15-8-7-13(9-18-15)19-16(20)12(3)17/h7-12,15H,1-6H3,(H,23,25)(H,26,27);4-9,12H,17H2,1-3H3,(H,19,20)/t15-;12-/m11/s1. The van der Waals surface area contributed by atoms with E-state index in [1.165, 1.54) is 6.20 Å². The Labute approximate surface area is 287 Å². The van der Waals surface area contributed by atoms with Crippen molar-refractivity contribution in [1.29, 1.82) is 0 Å². The number of nitrogens with one attached hydrogen (secondary N) is 2. The van der Waals surface area contributed by atoms with Gasteiger partial charge in [-0.3, -0.25) is 14.5 Å². The van der Waals surface area contributed by atoms with E-state index in [0.717, 1.165) is 38.7 Å². The van der Waals surface area contributed by atoms with Crippen molar-refractivity contribution in [3.8, 4) is 23.3 Å². The number of carboxylic acid groups (broad SMARTS) is 1. The summed E-state index contributed by atoms with van der Waals surface area (Å²) in [5.74, 6) is 1.70. The normalized spacial score (nSPS) is 12.0. The van der Waals surface area contributed by atoms with Crippen molar-refractivity contribution in [2.24, 2.45) is 5.73 Å². The Morgan fingerprint density at radius 2 is 1.16 bits per heavy atom. The van der Waals surface area contributed by atoms with E-state index >= 15 is 0 Å². The largest absolute Gasteiger partial charge is 0.465 e. The van der Waals surface area contributed by atoms with Gasteiger partial charge in [-0.25, -0.2) is 14.8 Å². The van der Waals surface area contributed by atoms with Gasteiger partial charge < -0.3 is 30.9 Å². The van der Waals surface area contributed by atoms with Crippen LogP contribution in [0.3, 0.4) is 0 Å². The quantitative estimate of drug-likeness (QED) is 0.142. The molecular formula is C37H46N6O6. The first-order chi connectivity index (χ1) is 23.0. The maximum atomic E-state index is 12.5. The lowest BCUT2D eigenvalue weighted by Gasteiger charge is -2.37. The Morgan fingerprint density at radius 1 is 0.735 bits per heavy atom. The van der Waals surface area contributed by atoms with Gasteiger partial charge in [0.15, 0.2) is 0 Å². The molecule has 2 heterocycles. The number of hydrogen-bond donors (Lipinski definition) is 4. The molecule has 49 heavy (non-hydrogen) atoms. The van der Waals surface area contributed by atoms with Crippen molar-refractivity contribution in [3.05, 3.63) is 95.3 Å². The van der Waals surface area contributed by atoms with Gasteiger partial charge in [-0.2, -0.15) is 0 Å². The smallest absolute Gasteiger partial charge is 0.408 e. The van der Waals surface area contributed by atoms with Crippen LogP contribution in [0.25, 0.3) is 0 Å². The summed E-state index contributed by atoms with van der Waals surface area (Å²) in [5.41, 5.74) is 10.2. The number of carbonyl (C=O) groups is 3. The van der Waals surface area contributed by atoms with Crippen LogP contribution in [0, 0.1) is 27.7 Å². The molecule has 2 aromatic carbocycles. The van der Waals surface area contributed by atoms with Crippen LogP contribution >= 0.6 is 0 Å².